The van der Waals surface area contributed by atoms with E-state index < -0.39 is 22.7 Å². The van der Waals surface area contributed by atoms with Crippen LogP contribution in [0.5, 0.6) is 0 Å². The number of benzene rings is 2. The summed E-state index contributed by atoms with van der Waals surface area (Å²) in [7, 11) is 0. The van der Waals surface area contributed by atoms with Crippen LogP contribution in [-0.4, -0.2) is 15.5 Å². The fourth-order valence-corrected chi connectivity index (χ4v) is 2.60. The van der Waals surface area contributed by atoms with E-state index in [0.29, 0.717) is 12.1 Å². The van der Waals surface area contributed by atoms with E-state index in [9.17, 15) is 18.0 Å². The fourth-order valence-electron chi connectivity index (χ4n) is 2.38. The molecule has 2 aromatic carbocycles. The van der Waals surface area contributed by atoms with Gasteiger partial charge in [-0.2, -0.15) is 13.2 Å². The summed E-state index contributed by atoms with van der Waals surface area (Å²) >= 11 is 5.57. The number of amides is 1. The molecule has 0 saturated carbocycles. The highest BCUT2D eigenvalue weighted by atomic mass is 35.5. The first kappa shape index (κ1) is 18.0. The molecule has 134 valence electrons. The van der Waals surface area contributed by atoms with Crippen molar-refractivity contribution in [3.63, 3.8) is 0 Å². The number of nitrogens with one attached hydrogen (secondary N) is 1. The summed E-state index contributed by atoms with van der Waals surface area (Å²) in [6.07, 6.45) is 0.578. The SMILES string of the molecule is O=C(Nc1ccc(Cl)c(C(F)(F)F)c1)c1ccc(Cn2ccnc2)cc1. The second-order valence-electron chi connectivity index (χ2n) is 5.58. The molecular weight excluding hydrogens is 367 g/mol. The van der Waals surface area contributed by atoms with Gasteiger partial charge in [0.1, 0.15) is 0 Å². The van der Waals surface area contributed by atoms with Gasteiger partial charge in [-0.1, -0.05) is 23.7 Å². The van der Waals surface area contributed by atoms with Gasteiger partial charge in [0.25, 0.3) is 5.91 Å². The van der Waals surface area contributed by atoms with Gasteiger partial charge in [-0.25, -0.2) is 4.98 Å². The highest BCUT2D eigenvalue weighted by Crippen LogP contribution is 2.36. The van der Waals surface area contributed by atoms with Crippen LogP contribution in [0.15, 0.2) is 61.2 Å². The van der Waals surface area contributed by atoms with Crippen molar-refractivity contribution < 1.29 is 18.0 Å². The van der Waals surface area contributed by atoms with Gasteiger partial charge < -0.3 is 9.88 Å². The molecular formula is C18H13ClF3N3O. The maximum absolute atomic E-state index is 12.9. The van der Waals surface area contributed by atoms with Gasteiger partial charge in [-0.05, 0) is 35.9 Å². The minimum Gasteiger partial charge on any atom is -0.333 e. The number of halogens is 4. The van der Waals surface area contributed by atoms with E-state index in [-0.39, 0.29) is 5.69 Å². The van der Waals surface area contributed by atoms with Crippen molar-refractivity contribution in [2.24, 2.45) is 0 Å². The van der Waals surface area contributed by atoms with E-state index in [4.69, 9.17) is 11.6 Å². The summed E-state index contributed by atoms with van der Waals surface area (Å²) in [5.74, 6) is -0.505. The number of hydrogen-bond donors (Lipinski definition) is 1. The normalized spacial score (nSPS) is 11.4. The molecule has 3 aromatic rings. The van der Waals surface area contributed by atoms with Crippen molar-refractivity contribution in [1.29, 1.82) is 0 Å². The molecule has 0 unspecified atom stereocenters. The van der Waals surface area contributed by atoms with E-state index in [0.717, 1.165) is 17.7 Å². The number of anilines is 1. The Kier molecular flexibility index (Phi) is 4.99. The molecule has 3 rings (SSSR count). The van der Waals surface area contributed by atoms with Crippen molar-refractivity contribution in [1.82, 2.24) is 9.55 Å². The zero-order valence-electron chi connectivity index (χ0n) is 13.3. The van der Waals surface area contributed by atoms with Crippen molar-refractivity contribution in [2.75, 3.05) is 5.32 Å². The van der Waals surface area contributed by atoms with Gasteiger partial charge in [0.2, 0.25) is 0 Å². The summed E-state index contributed by atoms with van der Waals surface area (Å²) in [5, 5.41) is 2.03. The molecule has 0 aliphatic carbocycles. The fraction of sp³-hybridized carbons (Fsp3) is 0.111. The molecule has 4 nitrogen and oxygen atoms in total. The molecule has 0 aliphatic heterocycles. The van der Waals surface area contributed by atoms with Crippen LogP contribution in [0.3, 0.4) is 0 Å². The summed E-state index contributed by atoms with van der Waals surface area (Å²) in [4.78, 5) is 16.2. The van der Waals surface area contributed by atoms with Crippen LogP contribution >= 0.6 is 11.6 Å². The molecule has 26 heavy (non-hydrogen) atoms. The lowest BCUT2D eigenvalue weighted by atomic mass is 10.1. The minimum absolute atomic E-state index is 0.0224. The predicted octanol–water partition coefficient (Wildman–Crippen LogP) is 4.86. The lowest BCUT2D eigenvalue weighted by Gasteiger charge is -2.12. The molecule has 1 heterocycles. The van der Waals surface area contributed by atoms with E-state index in [1.807, 2.05) is 10.8 Å². The van der Waals surface area contributed by atoms with Crippen LogP contribution in [-0.2, 0) is 12.7 Å². The van der Waals surface area contributed by atoms with Crippen LogP contribution in [0, 0.1) is 0 Å². The summed E-state index contributed by atoms with van der Waals surface area (Å²) in [6.45, 7) is 0.605. The lowest BCUT2D eigenvalue weighted by molar-refractivity contribution is -0.137. The Hall–Kier alpha value is -2.80. The zero-order chi connectivity index (χ0) is 18.7. The molecule has 8 heteroatoms. The smallest absolute Gasteiger partial charge is 0.333 e. The van der Waals surface area contributed by atoms with Crippen molar-refractivity contribution in [3.8, 4) is 0 Å². The van der Waals surface area contributed by atoms with Gasteiger partial charge in [-0.15, -0.1) is 0 Å². The van der Waals surface area contributed by atoms with Gasteiger partial charge in [0.05, 0.1) is 16.9 Å². The number of carbonyl (C=O) groups is 1. The van der Waals surface area contributed by atoms with Gasteiger partial charge in [0.15, 0.2) is 0 Å². The Morgan fingerprint density at radius 3 is 2.50 bits per heavy atom. The van der Waals surface area contributed by atoms with Gasteiger partial charge in [-0.3, -0.25) is 4.79 Å². The maximum atomic E-state index is 12.9. The third-order valence-corrected chi connectivity index (χ3v) is 4.00. The molecule has 1 aromatic heterocycles. The summed E-state index contributed by atoms with van der Waals surface area (Å²) < 4.78 is 40.5. The molecule has 0 aliphatic rings. The van der Waals surface area contributed by atoms with Gasteiger partial charge >= 0.3 is 6.18 Å². The Balaban J connectivity index is 1.72. The third-order valence-electron chi connectivity index (χ3n) is 3.67. The Morgan fingerprint density at radius 2 is 1.88 bits per heavy atom. The molecule has 0 saturated heterocycles. The van der Waals surface area contributed by atoms with Crippen LogP contribution < -0.4 is 5.32 Å². The number of aromatic nitrogens is 2. The highest BCUT2D eigenvalue weighted by Gasteiger charge is 2.33. The number of hydrogen-bond acceptors (Lipinski definition) is 2. The quantitative estimate of drug-likeness (QED) is 0.704. The van der Waals surface area contributed by atoms with Crippen LogP contribution in [0.4, 0.5) is 18.9 Å². The topological polar surface area (TPSA) is 46.9 Å². The number of alkyl halides is 3. The second-order valence-corrected chi connectivity index (χ2v) is 5.99. The minimum atomic E-state index is -4.59. The zero-order valence-corrected chi connectivity index (χ0v) is 14.1. The predicted molar refractivity (Wildman–Crippen MR) is 92.2 cm³/mol. The van der Waals surface area contributed by atoms with E-state index in [1.165, 1.54) is 6.07 Å². The first-order valence-electron chi connectivity index (χ1n) is 7.56. The summed E-state index contributed by atoms with van der Waals surface area (Å²) in [6, 6.07) is 10.0. The number of nitrogens with zero attached hydrogens (tertiary/aromatic N) is 2. The van der Waals surface area contributed by atoms with Crippen molar-refractivity contribution in [3.05, 3.63) is 82.9 Å². The molecule has 1 N–H and O–H groups in total. The van der Waals surface area contributed by atoms with Crippen LogP contribution in [0.1, 0.15) is 21.5 Å². The molecule has 1 amide bonds. The molecule has 0 radical (unpaired) electrons. The average Bonchev–Trinajstić information content (AvgIpc) is 3.09. The first-order valence-corrected chi connectivity index (χ1v) is 7.93. The van der Waals surface area contributed by atoms with Gasteiger partial charge in [0, 0.05) is 30.2 Å². The monoisotopic (exact) mass is 379 g/mol. The largest absolute Gasteiger partial charge is 0.417 e. The van der Waals surface area contributed by atoms with E-state index >= 15 is 0 Å². The van der Waals surface area contributed by atoms with Crippen molar-refractivity contribution >= 4 is 23.2 Å². The molecule has 0 fully saturated rings. The molecule has 0 bridgehead atoms. The Morgan fingerprint density at radius 1 is 1.15 bits per heavy atom. The number of carbonyl (C=O) groups excluding carboxylic acids is 1. The van der Waals surface area contributed by atoms with Crippen LogP contribution in [0.2, 0.25) is 5.02 Å². The number of imidazole rings is 1. The van der Waals surface area contributed by atoms with E-state index in [2.05, 4.69) is 10.3 Å². The standard InChI is InChI=1S/C18H13ClF3N3O/c19-16-6-5-14(9-15(16)18(20,21)22)24-17(26)13-3-1-12(2-4-13)10-25-8-7-23-11-25/h1-9,11H,10H2,(H,24,26). The van der Waals surface area contributed by atoms with Crippen molar-refractivity contribution in [2.45, 2.75) is 12.7 Å². The lowest BCUT2D eigenvalue weighted by Crippen LogP contribution is -2.13. The third kappa shape index (κ3) is 4.23. The highest BCUT2D eigenvalue weighted by molar-refractivity contribution is 6.31. The maximum Gasteiger partial charge on any atom is 0.417 e. The summed E-state index contributed by atoms with van der Waals surface area (Å²) in [5.41, 5.74) is 0.329. The average molecular weight is 380 g/mol. The van der Waals surface area contributed by atoms with E-state index in [1.54, 1.807) is 36.8 Å². The first-order chi connectivity index (χ1) is 12.3. The number of rotatable bonds is 4. The second kappa shape index (κ2) is 7.21. The Bertz CT molecular complexity index is 906. The molecule has 0 spiro atoms. The Labute approximate surface area is 152 Å². The molecule has 0 atom stereocenters. The van der Waals surface area contributed by atoms with Crippen LogP contribution in [0.25, 0.3) is 0 Å².